The van der Waals surface area contributed by atoms with Crippen molar-refractivity contribution in [1.82, 2.24) is 4.57 Å². The third kappa shape index (κ3) is 2.04. The van der Waals surface area contributed by atoms with Crippen molar-refractivity contribution in [3.05, 3.63) is 27.6 Å². The van der Waals surface area contributed by atoms with E-state index in [2.05, 4.69) is 0 Å². The highest BCUT2D eigenvalue weighted by Crippen LogP contribution is 2.13. The first-order valence-electron chi connectivity index (χ1n) is 4.23. The quantitative estimate of drug-likeness (QED) is 0.795. The van der Waals surface area contributed by atoms with Crippen LogP contribution in [0.2, 0.25) is 5.02 Å². The number of hydrogen-bond acceptors (Lipinski definition) is 2. The molecule has 0 aromatic carbocycles. The number of rotatable bonds is 2. The number of nitrogen functional groups attached to an aromatic ring is 1. The van der Waals surface area contributed by atoms with Gasteiger partial charge in [0.25, 0.3) is 5.56 Å². The van der Waals surface area contributed by atoms with Gasteiger partial charge in [-0.3, -0.25) is 4.79 Å². The Kier molecular flexibility index (Phi) is 2.98. The Labute approximate surface area is 82.1 Å². The van der Waals surface area contributed by atoms with E-state index in [9.17, 15) is 4.79 Å². The highest BCUT2D eigenvalue weighted by atomic mass is 35.5. The van der Waals surface area contributed by atoms with Gasteiger partial charge < -0.3 is 10.3 Å². The summed E-state index contributed by atoms with van der Waals surface area (Å²) in [5.41, 5.74) is 5.53. The second-order valence-electron chi connectivity index (χ2n) is 3.08. The number of nitrogens with two attached hydrogens (primary N) is 1. The first-order chi connectivity index (χ1) is 6.06. The summed E-state index contributed by atoms with van der Waals surface area (Å²) in [6, 6.07) is 1.61. The first kappa shape index (κ1) is 10.1. The Morgan fingerprint density at radius 3 is 2.85 bits per heavy atom. The molecule has 0 aliphatic rings. The number of halogens is 1. The van der Waals surface area contributed by atoms with E-state index in [0.29, 0.717) is 5.02 Å². The number of aromatic nitrogens is 1. The molecule has 13 heavy (non-hydrogen) atoms. The molecule has 0 saturated carbocycles. The van der Waals surface area contributed by atoms with Crippen LogP contribution < -0.4 is 11.3 Å². The molecule has 0 bridgehead atoms. The van der Waals surface area contributed by atoms with Crippen LogP contribution in [0.5, 0.6) is 0 Å². The molecule has 0 radical (unpaired) electrons. The molecule has 2 N–H and O–H groups in total. The predicted molar refractivity (Wildman–Crippen MR) is 55.1 cm³/mol. The molecule has 1 aromatic heterocycles. The molecular formula is C9H13ClN2O. The molecule has 0 aliphatic carbocycles. The fourth-order valence-electron chi connectivity index (χ4n) is 1.11. The van der Waals surface area contributed by atoms with Crippen molar-refractivity contribution in [1.29, 1.82) is 0 Å². The maximum absolute atomic E-state index is 11.5. The van der Waals surface area contributed by atoms with Crippen LogP contribution in [0.1, 0.15) is 26.3 Å². The van der Waals surface area contributed by atoms with E-state index in [1.54, 1.807) is 10.8 Å². The van der Waals surface area contributed by atoms with E-state index in [1.165, 1.54) is 6.07 Å². The van der Waals surface area contributed by atoms with E-state index in [1.807, 2.05) is 13.8 Å². The van der Waals surface area contributed by atoms with Gasteiger partial charge >= 0.3 is 0 Å². The lowest BCUT2D eigenvalue weighted by Crippen LogP contribution is -2.24. The lowest BCUT2D eigenvalue weighted by Gasteiger charge is -2.13. The number of pyridine rings is 1. The van der Waals surface area contributed by atoms with Gasteiger partial charge in [-0.05, 0) is 19.4 Å². The SMILES string of the molecule is CCC(C)n1cc(Cl)cc(N)c1=O. The van der Waals surface area contributed by atoms with Crippen molar-refractivity contribution in [2.24, 2.45) is 0 Å². The Hall–Kier alpha value is -0.960. The van der Waals surface area contributed by atoms with Gasteiger partial charge in [0.2, 0.25) is 0 Å². The zero-order valence-electron chi connectivity index (χ0n) is 7.75. The van der Waals surface area contributed by atoms with E-state index < -0.39 is 0 Å². The van der Waals surface area contributed by atoms with Gasteiger partial charge in [-0.1, -0.05) is 18.5 Å². The molecule has 1 heterocycles. The summed E-state index contributed by atoms with van der Waals surface area (Å²) in [5, 5.41) is 0.498. The van der Waals surface area contributed by atoms with Crippen molar-refractivity contribution in [3.63, 3.8) is 0 Å². The number of anilines is 1. The molecule has 3 nitrogen and oxygen atoms in total. The van der Waals surface area contributed by atoms with Crippen molar-refractivity contribution in [3.8, 4) is 0 Å². The molecule has 1 unspecified atom stereocenters. The summed E-state index contributed by atoms with van der Waals surface area (Å²) in [6.07, 6.45) is 2.49. The van der Waals surface area contributed by atoms with E-state index >= 15 is 0 Å². The zero-order valence-corrected chi connectivity index (χ0v) is 8.51. The van der Waals surface area contributed by atoms with Crippen LogP contribution in [0.25, 0.3) is 0 Å². The first-order valence-corrected chi connectivity index (χ1v) is 4.61. The predicted octanol–water partition coefficient (Wildman–Crippen LogP) is 2.05. The van der Waals surface area contributed by atoms with Crippen LogP contribution in [0.15, 0.2) is 17.1 Å². The number of nitrogens with zero attached hydrogens (tertiary/aromatic N) is 1. The Morgan fingerprint density at radius 2 is 2.31 bits per heavy atom. The second-order valence-corrected chi connectivity index (χ2v) is 3.52. The van der Waals surface area contributed by atoms with Crippen molar-refractivity contribution in [2.75, 3.05) is 5.73 Å². The maximum Gasteiger partial charge on any atom is 0.274 e. The van der Waals surface area contributed by atoms with Crippen LogP contribution in [0.3, 0.4) is 0 Å². The number of hydrogen-bond donors (Lipinski definition) is 1. The largest absolute Gasteiger partial charge is 0.394 e. The summed E-state index contributed by atoms with van der Waals surface area (Å²) in [7, 11) is 0. The molecule has 0 spiro atoms. The van der Waals surface area contributed by atoms with Gasteiger partial charge in [-0.25, -0.2) is 0 Å². The minimum Gasteiger partial charge on any atom is -0.394 e. The van der Waals surface area contributed by atoms with E-state index in [4.69, 9.17) is 17.3 Å². The molecule has 1 aromatic rings. The van der Waals surface area contributed by atoms with Gasteiger partial charge in [0, 0.05) is 12.2 Å². The van der Waals surface area contributed by atoms with Crippen LogP contribution in [0, 0.1) is 0 Å². The van der Waals surface area contributed by atoms with E-state index in [0.717, 1.165) is 6.42 Å². The minimum atomic E-state index is -0.168. The zero-order chi connectivity index (χ0) is 10.0. The Balaban J connectivity index is 3.28. The van der Waals surface area contributed by atoms with Crippen molar-refractivity contribution in [2.45, 2.75) is 26.3 Å². The average Bonchev–Trinajstić information content (AvgIpc) is 2.10. The molecule has 0 aliphatic heterocycles. The minimum absolute atomic E-state index is 0.133. The van der Waals surface area contributed by atoms with Gasteiger partial charge in [0.05, 0.1) is 10.7 Å². The van der Waals surface area contributed by atoms with Crippen LogP contribution in [0.4, 0.5) is 5.69 Å². The summed E-state index contributed by atoms with van der Waals surface area (Å²) in [5.74, 6) is 0. The lowest BCUT2D eigenvalue weighted by molar-refractivity contribution is 0.515. The highest BCUT2D eigenvalue weighted by Gasteiger charge is 2.07. The van der Waals surface area contributed by atoms with E-state index in [-0.39, 0.29) is 17.3 Å². The standard InChI is InChI=1S/C9H13ClN2O/c1-3-6(2)12-5-7(10)4-8(11)9(12)13/h4-6H,3,11H2,1-2H3. The molecule has 0 amide bonds. The molecular weight excluding hydrogens is 188 g/mol. The Morgan fingerprint density at radius 1 is 1.69 bits per heavy atom. The third-order valence-electron chi connectivity index (χ3n) is 2.10. The molecule has 0 fully saturated rings. The average molecular weight is 201 g/mol. The summed E-state index contributed by atoms with van der Waals surface area (Å²) in [4.78, 5) is 11.5. The Bertz CT molecular complexity index is 359. The third-order valence-corrected chi connectivity index (χ3v) is 2.31. The fourth-order valence-corrected chi connectivity index (χ4v) is 1.33. The second kappa shape index (κ2) is 3.83. The van der Waals surface area contributed by atoms with Crippen LogP contribution in [-0.2, 0) is 0 Å². The van der Waals surface area contributed by atoms with Crippen LogP contribution in [-0.4, -0.2) is 4.57 Å². The van der Waals surface area contributed by atoms with Crippen LogP contribution >= 0.6 is 11.6 Å². The normalized spacial score (nSPS) is 12.8. The molecule has 0 saturated heterocycles. The van der Waals surface area contributed by atoms with Gasteiger partial charge in [-0.2, -0.15) is 0 Å². The monoisotopic (exact) mass is 200 g/mol. The summed E-state index contributed by atoms with van der Waals surface area (Å²) >= 11 is 5.78. The van der Waals surface area contributed by atoms with Crippen molar-refractivity contribution < 1.29 is 0 Å². The van der Waals surface area contributed by atoms with Crippen molar-refractivity contribution >= 4 is 17.3 Å². The summed E-state index contributed by atoms with van der Waals surface area (Å²) < 4.78 is 1.57. The smallest absolute Gasteiger partial charge is 0.274 e. The van der Waals surface area contributed by atoms with Gasteiger partial charge in [-0.15, -0.1) is 0 Å². The summed E-state index contributed by atoms with van der Waals surface area (Å²) in [6.45, 7) is 3.96. The molecule has 4 heteroatoms. The molecule has 1 atom stereocenters. The molecule has 1 rings (SSSR count). The topological polar surface area (TPSA) is 48.0 Å². The van der Waals surface area contributed by atoms with Gasteiger partial charge in [0.15, 0.2) is 0 Å². The molecule has 72 valence electrons. The maximum atomic E-state index is 11.5. The fraction of sp³-hybridized carbons (Fsp3) is 0.444. The lowest BCUT2D eigenvalue weighted by atomic mass is 10.2. The highest BCUT2D eigenvalue weighted by molar-refractivity contribution is 6.30. The van der Waals surface area contributed by atoms with Gasteiger partial charge in [0.1, 0.15) is 0 Å².